The number of fused-ring (bicyclic) bond motifs is 2. The second-order valence-electron chi connectivity index (χ2n) is 4.93. The van der Waals surface area contributed by atoms with Gasteiger partial charge in [-0.3, -0.25) is 0 Å². The van der Waals surface area contributed by atoms with Crippen molar-refractivity contribution in [2.45, 2.75) is 0 Å². The predicted octanol–water partition coefficient (Wildman–Crippen LogP) is 3.56. The molecule has 110 valence electrons. The summed E-state index contributed by atoms with van der Waals surface area (Å²) in [6.07, 6.45) is 0. The Hall–Kier alpha value is -1.93. The van der Waals surface area contributed by atoms with Crippen molar-refractivity contribution >= 4 is 59.0 Å². The van der Waals surface area contributed by atoms with Crippen LogP contribution in [-0.2, 0) is 0 Å². The third kappa shape index (κ3) is 2.97. The van der Waals surface area contributed by atoms with Crippen LogP contribution in [0.25, 0.3) is 0 Å². The quantitative estimate of drug-likeness (QED) is 0.525. The summed E-state index contributed by atoms with van der Waals surface area (Å²) in [6, 6.07) is 25.4. The van der Waals surface area contributed by atoms with E-state index in [1.54, 1.807) is 0 Å². The summed E-state index contributed by atoms with van der Waals surface area (Å²) in [5, 5.41) is 6.98. The zero-order valence-electron chi connectivity index (χ0n) is 11.7. The van der Waals surface area contributed by atoms with Crippen molar-refractivity contribution in [3.63, 3.8) is 0 Å². The molecule has 0 saturated heterocycles. The average molecular weight is 374 g/mol. The molecule has 3 aromatic carbocycles. The van der Waals surface area contributed by atoms with Crippen LogP contribution in [0, 0.1) is 0 Å². The molecule has 2 nitrogen and oxygen atoms in total. The molecule has 1 aliphatic heterocycles. The number of benzene rings is 3. The number of rotatable bonds is 2. The maximum atomic E-state index is 3.52. The van der Waals surface area contributed by atoms with Crippen LogP contribution in [0.1, 0.15) is 0 Å². The van der Waals surface area contributed by atoms with Gasteiger partial charge in [0.2, 0.25) is 0 Å². The minimum atomic E-state index is 0. The zero-order valence-corrected chi connectivity index (χ0v) is 14.3. The van der Waals surface area contributed by atoms with Crippen molar-refractivity contribution in [1.82, 2.24) is 0 Å². The summed E-state index contributed by atoms with van der Waals surface area (Å²) in [7, 11) is 0. The van der Waals surface area contributed by atoms with Crippen molar-refractivity contribution in [2.24, 2.45) is 0 Å². The molecule has 0 aromatic heterocycles. The molecule has 0 fully saturated rings. The van der Waals surface area contributed by atoms with Crippen LogP contribution >= 0.6 is 12.4 Å². The molecule has 2 N–H and O–H groups in total. The van der Waals surface area contributed by atoms with Gasteiger partial charge in [-0.05, 0) is 0 Å². The van der Waals surface area contributed by atoms with Crippen molar-refractivity contribution in [1.29, 1.82) is 0 Å². The Labute approximate surface area is 142 Å². The topological polar surface area (TPSA) is 24.1 Å². The van der Waals surface area contributed by atoms with Gasteiger partial charge in [-0.1, -0.05) is 0 Å². The summed E-state index contributed by atoms with van der Waals surface area (Å²) >= 11 is 0.353. The molecule has 0 atom stereocenters. The van der Waals surface area contributed by atoms with Gasteiger partial charge in [-0.2, -0.15) is 0 Å². The molecule has 0 spiro atoms. The molecular weight excluding hydrogens is 359 g/mol. The molecule has 0 amide bonds. The van der Waals surface area contributed by atoms with E-state index in [9.17, 15) is 0 Å². The zero-order chi connectivity index (χ0) is 14.1. The van der Waals surface area contributed by atoms with E-state index in [0.717, 1.165) is 11.4 Å². The van der Waals surface area contributed by atoms with Gasteiger partial charge in [-0.25, -0.2) is 0 Å². The van der Waals surface area contributed by atoms with E-state index in [-0.39, 0.29) is 12.4 Å². The summed E-state index contributed by atoms with van der Waals surface area (Å²) in [5.74, 6) is 0. The van der Waals surface area contributed by atoms with Gasteiger partial charge in [-0.15, -0.1) is 12.4 Å². The number of anilines is 4. The summed E-state index contributed by atoms with van der Waals surface area (Å²) in [5.41, 5.74) is 4.73. The number of nitrogens with one attached hydrogen (secondary N) is 2. The first-order valence-corrected chi connectivity index (χ1v) is 8.60. The van der Waals surface area contributed by atoms with Crippen molar-refractivity contribution < 1.29 is 0 Å². The van der Waals surface area contributed by atoms with Crippen LogP contribution in [0.15, 0.2) is 72.8 Å². The monoisotopic (exact) mass is 374 g/mol. The first-order chi connectivity index (χ1) is 10.4. The van der Waals surface area contributed by atoms with Gasteiger partial charge >= 0.3 is 130 Å². The van der Waals surface area contributed by atoms with Gasteiger partial charge < -0.3 is 0 Å². The fraction of sp³-hybridized carbons (Fsp3) is 0. The normalized spacial score (nSPS) is 11.5. The van der Waals surface area contributed by atoms with E-state index >= 15 is 0 Å². The fourth-order valence-corrected chi connectivity index (χ4v) is 4.55. The SMILES string of the molecule is Cl.c1ccc(Nc2ccc3c(c2)[Se]c2ccccc2N3)cc1. The van der Waals surface area contributed by atoms with Gasteiger partial charge in [0.1, 0.15) is 0 Å². The summed E-state index contributed by atoms with van der Waals surface area (Å²) < 4.78 is 2.80. The Morgan fingerprint density at radius 1 is 0.682 bits per heavy atom. The first kappa shape index (κ1) is 15.0. The van der Waals surface area contributed by atoms with Crippen LogP contribution in [0.5, 0.6) is 0 Å². The molecule has 1 heterocycles. The number of hydrogen-bond acceptors (Lipinski definition) is 2. The van der Waals surface area contributed by atoms with E-state index in [2.05, 4.69) is 65.2 Å². The van der Waals surface area contributed by atoms with E-state index in [0.29, 0.717) is 15.0 Å². The Bertz CT molecular complexity index is 790. The van der Waals surface area contributed by atoms with E-state index in [1.165, 1.54) is 20.3 Å². The van der Waals surface area contributed by atoms with Crippen LogP contribution < -0.4 is 19.6 Å². The Morgan fingerprint density at radius 2 is 1.41 bits per heavy atom. The molecule has 4 rings (SSSR count). The van der Waals surface area contributed by atoms with Gasteiger partial charge in [0.15, 0.2) is 0 Å². The second kappa shape index (κ2) is 6.45. The molecule has 22 heavy (non-hydrogen) atoms. The van der Waals surface area contributed by atoms with Crippen LogP contribution in [0.2, 0.25) is 0 Å². The molecule has 0 aliphatic carbocycles. The molecule has 0 radical (unpaired) electrons. The first-order valence-electron chi connectivity index (χ1n) is 6.88. The van der Waals surface area contributed by atoms with E-state index in [4.69, 9.17) is 0 Å². The molecule has 3 aromatic rings. The number of halogens is 1. The van der Waals surface area contributed by atoms with E-state index in [1.807, 2.05) is 18.2 Å². The van der Waals surface area contributed by atoms with Crippen LogP contribution in [0.3, 0.4) is 0 Å². The maximum absolute atomic E-state index is 3.52. The van der Waals surface area contributed by atoms with E-state index < -0.39 is 0 Å². The van der Waals surface area contributed by atoms with Crippen molar-refractivity contribution in [3.8, 4) is 0 Å². The minimum absolute atomic E-state index is 0. The molecule has 1 aliphatic rings. The van der Waals surface area contributed by atoms with Crippen LogP contribution in [-0.4, -0.2) is 15.0 Å². The third-order valence-corrected chi connectivity index (χ3v) is 5.80. The average Bonchev–Trinajstić information content (AvgIpc) is 2.54. The molecule has 0 bridgehead atoms. The fourth-order valence-electron chi connectivity index (χ4n) is 2.40. The molecule has 4 heteroatoms. The molecular formula is C18H15ClN2Se. The Morgan fingerprint density at radius 3 is 2.27 bits per heavy atom. The molecule has 0 saturated carbocycles. The summed E-state index contributed by atoms with van der Waals surface area (Å²) in [6.45, 7) is 0. The van der Waals surface area contributed by atoms with Crippen molar-refractivity contribution in [2.75, 3.05) is 10.6 Å². The van der Waals surface area contributed by atoms with Gasteiger partial charge in [0.05, 0.1) is 0 Å². The van der Waals surface area contributed by atoms with Crippen molar-refractivity contribution in [3.05, 3.63) is 72.8 Å². The predicted molar refractivity (Wildman–Crippen MR) is 98.2 cm³/mol. The number of para-hydroxylation sites is 2. The standard InChI is InChI=1S/C18H14N2Se.ClH/c1-2-6-13(7-3-1)19-14-10-11-16-18(12-14)21-17-9-5-4-8-15(17)20-16;/h1-12,19-20H;1H. The third-order valence-electron chi connectivity index (χ3n) is 3.42. The van der Waals surface area contributed by atoms with Crippen LogP contribution in [0.4, 0.5) is 22.7 Å². The Balaban J connectivity index is 0.00000144. The summed E-state index contributed by atoms with van der Waals surface area (Å²) in [4.78, 5) is 0. The second-order valence-corrected chi connectivity index (χ2v) is 7.20. The Kier molecular flexibility index (Phi) is 4.39. The van der Waals surface area contributed by atoms with Gasteiger partial charge in [0.25, 0.3) is 0 Å². The molecule has 0 unspecified atom stereocenters. The number of hydrogen-bond donors (Lipinski definition) is 2. The van der Waals surface area contributed by atoms with Gasteiger partial charge in [0, 0.05) is 0 Å².